The van der Waals surface area contributed by atoms with Gasteiger partial charge in [0.1, 0.15) is 0 Å². The maximum absolute atomic E-state index is 11.4. The van der Waals surface area contributed by atoms with Crippen molar-refractivity contribution in [2.24, 2.45) is 0 Å². The molecule has 2 rings (SSSR count). The van der Waals surface area contributed by atoms with Crippen LogP contribution in [0.3, 0.4) is 0 Å². The molecule has 0 spiro atoms. The van der Waals surface area contributed by atoms with E-state index in [4.69, 9.17) is 0 Å². The van der Waals surface area contributed by atoms with E-state index in [1.165, 1.54) is 16.9 Å². The van der Waals surface area contributed by atoms with Crippen LogP contribution < -0.4 is 5.32 Å². The summed E-state index contributed by atoms with van der Waals surface area (Å²) in [5.74, 6) is 0.0931. The minimum Gasteiger partial charge on any atom is -0.349 e. The second-order valence-corrected chi connectivity index (χ2v) is 4.15. The third-order valence-electron chi connectivity index (χ3n) is 1.87. The number of hydrogen-bond acceptors (Lipinski definition) is 2. The molecule has 1 aliphatic carbocycles. The van der Waals surface area contributed by atoms with Crippen LogP contribution in [-0.2, 0) is 0 Å². The normalized spacial score (nSPS) is 16.1. The molecule has 1 amide bonds. The molecule has 0 aromatic carbocycles. The summed E-state index contributed by atoms with van der Waals surface area (Å²) < 4.78 is 0. The fourth-order valence-electron chi connectivity index (χ4n) is 1.03. The molecule has 1 heterocycles. The van der Waals surface area contributed by atoms with E-state index in [-0.39, 0.29) is 5.91 Å². The Morgan fingerprint density at radius 3 is 2.92 bits per heavy atom. The third kappa shape index (κ3) is 1.67. The molecule has 0 radical (unpaired) electrons. The third-order valence-corrected chi connectivity index (χ3v) is 2.91. The summed E-state index contributed by atoms with van der Waals surface area (Å²) in [6.45, 7) is 2.00. The first-order valence-corrected chi connectivity index (χ1v) is 4.99. The van der Waals surface area contributed by atoms with Crippen LogP contribution in [0.25, 0.3) is 0 Å². The predicted molar refractivity (Wildman–Crippen MR) is 49.5 cm³/mol. The Hall–Kier alpha value is -0.830. The van der Waals surface area contributed by atoms with Gasteiger partial charge < -0.3 is 5.32 Å². The highest BCUT2D eigenvalue weighted by molar-refractivity contribution is 7.12. The molecule has 0 saturated heterocycles. The summed E-state index contributed by atoms with van der Waals surface area (Å²) in [5, 5.41) is 4.96. The Kier molecular flexibility index (Phi) is 1.89. The van der Waals surface area contributed by atoms with E-state index in [9.17, 15) is 4.79 Å². The van der Waals surface area contributed by atoms with Crippen LogP contribution in [0.15, 0.2) is 11.4 Å². The molecule has 1 aromatic rings. The Bertz CT molecular complexity index is 301. The van der Waals surface area contributed by atoms with Crippen molar-refractivity contribution in [1.29, 1.82) is 0 Å². The predicted octanol–water partition coefficient (Wildman–Crippen LogP) is 1.95. The first kappa shape index (κ1) is 7.80. The maximum atomic E-state index is 11.4. The van der Waals surface area contributed by atoms with Crippen LogP contribution in [-0.4, -0.2) is 11.9 Å². The van der Waals surface area contributed by atoms with Gasteiger partial charge in [0.25, 0.3) is 5.91 Å². The van der Waals surface area contributed by atoms with Crippen molar-refractivity contribution < 1.29 is 4.79 Å². The number of carbonyl (C=O) groups excluding carboxylic acids is 1. The molecule has 1 N–H and O–H groups in total. The van der Waals surface area contributed by atoms with E-state index in [1.807, 2.05) is 18.4 Å². The minimum absolute atomic E-state index is 0.0931. The van der Waals surface area contributed by atoms with E-state index in [1.54, 1.807) is 0 Å². The van der Waals surface area contributed by atoms with Crippen molar-refractivity contribution in [3.63, 3.8) is 0 Å². The van der Waals surface area contributed by atoms with Crippen molar-refractivity contribution in [2.75, 3.05) is 0 Å². The summed E-state index contributed by atoms with van der Waals surface area (Å²) >= 11 is 1.52. The largest absolute Gasteiger partial charge is 0.349 e. The minimum atomic E-state index is 0.0931. The number of thiophene rings is 1. The molecule has 1 fully saturated rings. The standard InChI is InChI=1S/C9H11NOS/c1-6-4-8(12-5-6)9(11)10-7-2-3-7/h4-5,7H,2-3H2,1H3,(H,10,11). The van der Waals surface area contributed by atoms with Crippen molar-refractivity contribution >= 4 is 17.2 Å². The molecule has 0 aliphatic heterocycles. The van der Waals surface area contributed by atoms with Crippen LogP contribution in [0.2, 0.25) is 0 Å². The number of nitrogens with one attached hydrogen (secondary N) is 1. The molecule has 3 heteroatoms. The zero-order chi connectivity index (χ0) is 8.55. The molecular formula is C9H11NOS. The maximum Gasteiger partial charge on any atom is 0.261 e. The summed E-state index contributed by atoms with van der Waals surface area (Å²) in [6, 6.07) is 2.39. The summed E-state index contributed by atoms with van der Waals surface area (Å²) in [4.78, 5) is 12.2. The van der Waals surface area contributed by atoms with Gasteiger partial charge in [-0.05, 0) is 36.8 Å². The Labute approximate surface area is 75.6 Å². The van der Waals surface area contributed by atoms with E-state index in [2.05, 4.69) is 5.32 Å². The van der Waals surface area contributed by atoms with Crippen LogP contribution in [0, 0.1) is 6.92 Å². The summed E-state index contributed by atoms with van der Waals surface area (Å²) in [5.41, 5.74) is 1.17. The molecule has 12 heavy (non-hydrogen) atoms. The molecule has 64 valence electrons. The van der Waals surface area contributed by atoms with Gasteiger partial charge in [-0.3, -0.25) is 4.79 Å². The quantitative estimate of drug-likeness (QED) is 0.742. The highest BCUT2D eigenvalue weighted by Gasteiger charge is 2.24. The van der Waals surface area contributed by atoms with E-state index in [0.717, 1.165) is 17.7 Å². The molecule has 1 saturated carbocycles. The van der Waals surface area contributed by atoms with Crippen LogP contribution >= 0.6 is 11.3 Å². The SMILES string of the molecule is Cc1csc(C(=O)NC2CC2)c1. The van der Waals surface area contributed by atoms with Gasteiger partial charge in [0.15, 0.2) is 0 Å². The highest BCUT2D eigenvalue weighted by Crippen LogP contribution is 2.20. The Morgan fingerprint density at radius 2 is 2.42 bits per heavy atom. The van der Waals surface area contributed by atoms with Crippen LogP contribution in [0.1, 0.15) is 28.1 Å². The van der Waals surface area contributed by atoms with Crippen LogP contribution in [0.5, 0.6) is 0 Å². The molecule has 0 atom stereocenters. The highest BCUT2D eigenvalue weighted by atomic mass is 32.1. The van der Waals surface area contributed by atoms with Crippen molar-refractivity contribution in [2.45, 2.75) is 25.8 Å². The van der Waals surface area contributed by atoms with Gasteiger partial charge in [0, 0.05) is 6.04 Å². The fraction of sp³-hybridized carbons (Fsp3) is 0.444. The lowest BCUT2D eigenvalue weighted by molar-refractivity contribution is 0.0955. The summed E-state index contributed by atoms with van der Waals surface area (Å²) in [6.07, 6.45) is 2.30. The average Bonchev–Trinajstić information content (AvgIpc) is 2.72. The van der Waals surface area contributed by atoms with Gasteiger partial charge in [-0.25, -0.2) is 0 Å². The molecule has 1 aliphatic rings. The van der Waals surface area contributed by atoms with Gasteiger partial charge in [-0.2, -0.15) is 0 Å². The van der Waals surface area contributed by atoms with E-state index >= 15 is 0 Å². The zero-order valence-corrected chi connectivity index (χ0v) is 7.78. The molecule has 1 aromatic heterocycles. The molecule has 0 bridgehead atoms. The number of rotatable bonds is 2. The van der Waals surface area contributed by atoms with Gasteiger partial charge in [0.2, 0.25) is 0 Å². The van der Waals surface area contributed by atoms with Gasteiger partial charge in [-0.15, -0.1) is 11.3 Å². The Balaban J connectivity index is 2.03. The number of carbonyl (C=O) groups is 1. The number of amides is 1. The van der Waals surface area contributed by atoms with Gasteiger partial charge >= 0.3 is 0 Å². The number of hydrogen-bond donors (Lipinski definition) is 1. The van der Waals surface area contributed by atoms with Gasteiger partial charge in [0.05, 0.1) is 4.88 Å². The van der Waals surface area contributed by atoms with Crippen LogP contribution in [0.4, 0.5) is 0 Å². The molecular weight excluding hydrogens is 170 g/mol. The monoisotopic (exact) mass is 181 g/mol. The molecule has 2 nitrogen and oxygen atoms in total. The summed E-state index contributed by atoms with van der Waals surface area (Å²) in [7, 11) is 0. The lowest BCUT2D eigenvalue weighted by atomic mass is 10.3. The lowest BCUT2D eigenvalue weighted by Gasteiger charge is -1.98. The zero-order valence-electron chi connectivity index (χ0n) is 6.96. The van der Waals surface area contributed by atoms with E-state index in [0.29, 0.717) is 6.04 Å². The van der Waals surface area contributed by atoms with Crippen molar-refractivity contribution in [1.82, 2.24) is 5.32 Å². The fourth-order valence-corrected chi connectivity index (χ4v) is 1.84. The lowest BCUT2D eigenvalue weighted by Crippen LogP contribution is -2.24. The first-order valence-electron chi connectivity index (χ1n) is 4.12. The smallest absolute Gasteiger partial charge is 0.261 e. The van der Waals surface area contributed by atoms with Crippen molar-refractivity contribution in [3.05, 3.63) is 21.9 Å². The Morgan fingerprint density at radius 1 is 1.67 bits per heavy atom. The molecule has 0 unspecified atom stereocenters. The van der Waals surface area contributed by atoms with Gasteiger partial charge in [-0.1, -0.05) is 0 Å². The number of aryl methyl sites for hydroxylation is 1. The first-order chi connectivity index (χ1) is 5.75. The second kappa shape index (κ2) is 2.90. The average molecular weight is 181 g/mol. The second-order valence-electron chi connectivity index (χ2n) is 3.24. The van der Waals surface area contributed by atoms with E-state index < -0.39 is 0 Å². The topological polar surface area (TPSA) is 29.1 Å². The van der Waals surface area contributed by atoms with Crippen molar-refractivity contribution in [3.8, 4) is 0 Å².